The number of thioether (sulfide) groups is 1. The normalized spacial score (nSPS) is 19.0. The highest BCUT2D eigenvalue weighted by Gasteiger charge is 2.19. The molecule has 2 unspecified atom stereocenters. The lowest BCUT2D eigenvalue weighted by Crippen LogP contribution is -2.41. The Kier molecular flexibility index (Phi) is 8.07. The van der Waals surface area contributed by atoms with Crippen molar-refractivity contribution in [3.8, 4) is 5.75 Å². The van der Waals surface area contributed by atoms with Crippen molar-refractivity contribution in [1.82, 2.24) is 10.6 Å². The minimum atomic E-state index is -0.0522. The zero-order valence-corrected chi connectivity index (χ0v) is 15.0. The molecule has 1 aromatic rings. The first-order valence-electron chi connectivity index (χ1n) is 7.35. The van der Waals surface area contributed by atoms with Gasteiger partial charge in [0.25, 0.3) is 0 Å². The van der Waals surface area contributed by atoms with Gasteiger partial charge >= 0.3 is 0 Å². The summed E-state index contributed by atoms with van der Waals surface area (Å²) >= 11 is 1.91. The van der Waals surface area contributed by atoms with Crippen molar-refractivity contribution < 1.29 is 9.53 Å². The van der Waals surface area contributed by atoms with Gasteiger partial charge in [-0.15, -0.1) is 12.4 Å². The van der Waals surface area contributed by atoms with Crippen LogP contribution >= 0.6 is 24.2 Å². The summed E-state index contributed by atoms with van der Waals surface area (Å²) in [4.78, 5) is 12.2. The van der Waals surface area contributed by atoms with Gasteiger partial charge in [0.05, 0.1) is 13.2 Å². The molecular formula is C16H25ClN2O2S. The van der Waals surface area contributed by atoms with Crippen molar-refractivity contribution in [2.75, 3.05) is 25.2 Å². The molecular weight excluding hydrogens is 320 g/mol. The fraction of sp³-hybridized carbons (Fsp3) is 0.562. The van der Waals surface area contributed by atoms with Gasteiger partial charge in [-0.1, -0.05) is 17.7 Å². The van der Waals surface area contributed by atoms with Crippen molar-refractivity contribution in [2.24, 2.45) is 0 Å². The molecule has 0 aliphatic carbocycles. The van der Waals surface area contributed by atoms with E-state index >= 15 is 0 Å². The summed E-state index contributed by atoms with van der Waals surface area (Å²) in [6.45, 7) is 5.03. The van der Waals surface area contributed by atoms with Gasteiger partial charge in [0.1, 0.15) is 5.75 Å². The molecule has 22 heavy (non-hydrogen) atoms. The Morgan fingerprint density at radius 3 is 2.95 bits per heavy atom. The fourth-order valence-electron chi connectivity index (χ4n) is 2.54. The molecule has 4 nitrogen and oxygen atoms in total. The molecule has 1 fully saturated rings. The lowest BCUT2D eigenvalue weighted by atomic mass is 10.0. The number of hydrogen-bond acceptors (Lipinski definition) is 4. The average Bonchev–Trinajstić information content (AvgIpc) is 2.48. The molecule has 2 atom stereocenters. The maximum absolute atomic E-state index is 12.2. The summed E-state index contributed by atoms with van der Waals surface area (Å²) in [6, 6.07) is 6.27. The molecule has 6 heteroatoms. The maximum atomic E-state index is 12.2. The van der Waals surface area contributed by atoms with Crippen LogP contribution in [-0.2, 0) is 4.79 Å². The summed E-state index contributed by atoms with van der Waals surface area (Å²) in [7, 11) is 1.66. The molecule has 124 valence electrons. The topological polar surface area (TPSA) is 50.4 Å². The monoisotopic (exact) mass is 344 g/mol. The van der Waals surface area contributed by atoms with E-state index in [0.717, 1.165) is 34.9 Å². The molecule has 1 aromatic carbocycles. The van der Waals surface area contributed by atoms with Gasteiger partial charge in [-0.25, -0.2) is 0 Å². The maximum Gasteiger partial charge on any atom is 0.222 e. The second-order valence-corrected chi connectivity index (χ2v) is 6.61. The van der Waals surface area contributed by atoms with E-state index in [2.05, 4.69) is 16.7 Å². The third-order valence-electron chi connectivity index (χ3n) is 3.66. The standard InChI is InChI=1S/C16H24N2O2S.ClH/c1-11-4-5-15(20-3)14(8-11)12(2)18-16(19)9-13-10-21-7-6-17-13;/h4-5,8,12-13,17H,6-7,9-10H2,1-3H3,(H,18,19);1H. The van der Waals surface area contributed by atoms with Gasteiger partial charge in [-0.2, -0.15) is 11.8 Å². The Morgan fingerprint density at radius 2 is 2.32 bits per heavy atom. The van der Waals surface area contributed by atoms with Crippen LogP contribution in [0.15, 0.2) is 18.2 Å². The third-order valence-corrected chi connectivity index (χ3v) is 4.79. The van der Waals surface area contributed by atoms with E-state index in [-0.39, 0.29) is 30.4 Å². The second kappa shape index (κ2) is 9.28. The Balaban J connectivity index is 0.00000242. The van der Waals surface area contributed by atoms with Crippen molar-refractivity contribution >= 4 is 30.1 Å². The van der Waals surface area contributed by atoms with E-state index in [9.17, 15) is 4.79 Å². The summed E-state index contributed by atoms with van der Waals surface area (Å²) in [5, 5.41) is 6.47. The highest BCUT2D eigenvalue weighted by molar-refractivity contribution is 7.99. The lowest BCUT2D eigenvalue weighted by Gasteiger charge is -2.24. The van der Waals surface area contributed by atoms with E-state index in [1.165, 1.54) is 0 Å². The second-order valence-electron chi connectivity index (χ2n) is 5.46. The van der Waals surface area contributed by atoms with Crippen molar-refractivity contribution in [1.29, 1.82) is 0 Å². The van der Waals surface area contributed by atoms with Crippen LogP contribution in [0.25, 0.3) is 0 Å². The van der Waals surface area contributed by atoms with Crippen LogP contribution in [0, 0.1) is 6.92 Å². The number of rotatable bonds is 5. The van der Waals surface area contributed by atoms with E-state index in [4.69, 9.17) is 4.74 Å². The first-order chi connectivity index (χ1) is 10.1. The predicted molar refractivity (Wildman–Crippen MR) is 95.3 cm³/mol. The molecule has 2 rings (SSSR count). The minimum absolute atomic E-state index is 0. The van der Waals surface area contributed by atoms with Crippen LogP contribution in [0.5, 0.6) is 5.75 Å². The van der Waals surface area contributed by atoms with Crippen LogP contribution in [0.2, 0.25) is 0 Å². The van der Waals surface area contributed by atoms with E-state index in [1.54, 1.807) is 7.11 Å². The van der Waals surface area contributed by atoms with Gasteiger partial charge in [-0.3, -0.25) is 4.79 Å². The number of carbonyl (C=O) groups is 1. The molecule has 1 saturated heterocycles. The largest absolute Gasteiger partial charge is 0.496 e. The van der Waals surface area contributed by atoms with Crippen molar-refractivity contribution in [2.45, 2.75) is 32.4 Å². The average molecular weight is 345 g/mol. The van der Waals surface area contributed by atoms with E-state index < -0.39 is 0 Å². The molecule has 0 aromatic heterocycles. The Bertz CT molecular complexity index is 493. The SMILES string of the molecule is COc1ccc(C)cc1C(C)NC(=O)CC1CSCCN1.Cl. The number of halogens is 1. The summed E-state index contributed by atoms with van der Waals surface area (Å²) < 4.78 is 5.39. The molecule has 2 N–H and O–H groups in total. The summed E-state index contributed by atoms with van der Waals surface area (Å²) in [6.07, 6.45) is 0.533. The van der Waals surface area contributed by atoms with Gasteiger partial charge in [-0.05, 0) is 19.9 Å². The number of aryl methyl sites for hydroxylation is 1. The minimum Gasteiger partial charge on any atom is -0.496 e. The third kappa shape index (κ3) is 5.38. The zero-order valence-electron chi connectivity index (χ0n) is 13.3. The zero-order chi connectivity index (χ0) is 15.2. The van der Waals surface area contributed by atoms with Crippen LogP contribution in [0.3, 0.4) is 0 Å². The van der Waals surface area contributed by atoms with E-state index in [1.807, 2.05) is 37.7 Å². The number of methoxy groups -OCH3 is 1. The summed E-state index contributed by atoms with van der Waals surface area (Å²) in [5.41, 5.74) is 2.19. The van der Waals surface area contributed by atoms with Crippen molar-refractivity contribution in [3.05, 3.63) is 29.3 Å². The molecule has 1 aliphatic heterocycles. The van der Waals surface area contributed by atoms with Crippen LogP contribution < -0.4 is 15.4 Å². The number of benzene rings is 1. The quantitative estimate of drug-likeness (QED) is 0.862. The molecule has 1 aliphatic rings. The highest BCUT2D eigenvalue weighted by atomic mass is 35.5. The molecule has 0 radical (unpaired) electrons. The predicted octanol–water partition coefficient (Wildman–Crippen LogP) is 2.70. The highest BCUT2D eigenvalue weighted by Crippen LogP contribution is 2.26. The number of amides is 1. The van der Waals surface area contributed by atoms with Gasteiger partial charge in [0.2, 0.25) is 5.91 Å². The molecule has 1 heterocycles. The first-order valence-corrected chi connectivity index (χ1v) is 8.50. The Hall–Kier alpha value is -0.910. The number of ether oxygens (including phenoxy) is 1. The number of carbonyl (C=O) groups excluding carboxylic acids is 1. The molecule has 0 spiro atoms. The van der Waals surface area contributed by atoms with Gasteiger partial charge in [0, 0.05) is 36.1 Å². The Labute approximate surface area is 143 Å². The number of hydrogen-bond donors (Lipinski definition) is 2. The first kappa shape index (κ1) is 19.1. The Morgan fingerprint density at radius 1 is 1.55 bits per heavy atom. The molecule has 0 saturated carbocycles. The smallest absolute Gasteiger partial charge is 0.222 e. The van der Waals surface area contributed by atoms with Gasteiger partial charge in [0.15, 0.2) is 0 Å². The van der Waals surface area contributed by atoms with Crippen molar-refractivity contribution in [3.63, 3.8) is 0 Å². The fourth-order valence-corrected chi connectivity index (χ4v) is 3.49. The molecule has 0 bridgehead atoms. The lowest BCUT2D eigenvalue weighted by molar-refractivity contribution is -0.122. The van der Waals surface area contributed by atoms with Crippen LogP contribution in [0.4, 0.5) is 0 Å². The van der Waals surface area contributed by atoms with Crippen LogP contribution in [-0.4, -0.2) is 37.1 Å². The van der Waals surface area contributed by atoms with Gasteiger partial charge < -0.3 is 15.4 Å². The summed E-state index contributed by atoms with van der Waals surface area (Å²) in [5.74, 6) is 3.05. The van der Waals surface area contributed by atoms with Crippen LogP contribution in [0.1, 0.15) is 30.5 Å². The van der Waals surface area contributed by atoms with E-state index in [0.29, 0.717) is 6.42 Å². The molecule has 1 amide bonds. The number of nitrogens with one attached hydrogen (secondary N) is 2.